The van der Waals surface area contributed by atoms with Gasteiger partial charge in [0.15, 0.2) is 0 Å². The zero-order valence-electron chi connectivity index (χ0n) is 23.1. The largest absolute Gasteiger partial charge is 0.465 e. The third-order valence-corrected chi connectivity index (χ3v) is 8.80. The fourth-order valence-electron chi connectivity index (χ4n) is 6.92. The molecule has 3 aliphatic heterocycles. The molecule has 11 heteroatoms. The molecule has 6 atom stereocenters. The minimum Gasteiger partial charge on any atom is -0.465 e. The molecule has 2 amide bonds. The van der Waals surface area contributed by atoms with Gasteiger partial charge in [0.25, 0.3) is 0 Å². The number of carbonyl (C=O) groups excluding carboxylic acids is 3. The van der Waals surface area contributed by atoms with E-state index in [4.69, 9.17) is 9.47 Å². The number of hydrogen-bond donors (Lipinski definition) is 1. The summed E-state index contributed by atoms with van der Waals surface area (Å²) >= 11 is 0. The van der Waals surface area contributed by atoms with Crippen molar-refractivity contribution in [1.29, 1.82) is 0 Å². The van der Waals surface area contributed by atoms with Gasteiger partial charge >= 0.3 is 5.97 Å². The van der Waals surface area contributed by atoms with E-state index < -0.39 is 41.1 Å². The summed E-state index contributed by atoms with van der Waals surface area (Å²) in [5.41, 5.74) is -0.670. The molecule has 214 valence electrons. The second-order valence-corrected chi connectivity index (χ2v) is 10.9. The molecule has 11 nitrogen and oxygen atoms in total. The molecule has 0 aliphatic carbocycles. The molecule has 2 unspecified atom stereocenters. The minimum absolute atomic E-state index is 0.0735. The predicted octanol–water partition coefficient (Wildman–Crippen LogP) is 2.06. The topological polar surface area (TPSA) is 127 Å². The van der Waals surface area contributed by atoms with Gasteiger partial charge in [0.05, 0.1) is 36.3 Å². The molecule has 2 aromatic rings. The number of nitrogens with zero attached hydrogens (tertiary/aromatic N) is 5. The zero-order chi connectivity index (χ0) is 28.7. The Kier molecular flexibility index (Phi) is 7.54. The van der Waals surface area contributed by atoms with Crippen LogP contribution in [-0.2, 0) is 30.5 Å². The summed E-state index contributed by atoms with van der Waals surface area (Å²) in [7, 11) is 0. The van der Waals surface area contributed by atoms with Crippen molar-refractivity contribution in [3.8, 4) is 0 Å². The lowest BCUT2D eigenvalue weighted by atomic mass is 9.65. The zero-order valence-corrected chi connectivity index (χ0v) is 23.1. The molecule has 1 aromatic heterocycles. The number of hydrogen-bond acceptors (Lipinski definition) is 8. The van der Waals surface area contributed by atoms with Crippen molar-refractivity contribution < 1.29 is 29.0 Å². The maximum atomic E-state index is 14.5. The maximum absolute atomic E-state index is 14.5. The summed E-state index contributed by atoms with van der Waals surface area (Å²) in [6.45, 7) is 11.2. The smallest absolute Gasteiger partial charge is 0.312 e. The van der Waals surface area contributed by atoms with E-state index in [1.54, 1.807) is 28.7 Å². The van der Waals surface area contributed by atoms with Crippen LogP contribution < -0.4 is 0 Å². The minimum atomic E-state index is -1.22. The third-order valence-electron chi connectivity index (χ3n) is 8.80. The fraction of sp³-hybridized carbons (Fsp3) is 0.552. The highest BCUT2D eigenvalue weighted by Gasteiger charge is 2.79. The summed E-state index contributed by atoms with van der Waals surface area (Å²) in [6.07, 6.45) is 5.22. The molecular formula is C29H37N5O6. The molecule has 1 aromatic carbocycles. The van der Waals surface area contributed by atoms with Crippen molar-refractivity contribution >= 4 is 28.8 Å². The third kappa shape index (κ3) is 4.14. The molecule has 3 saturated heterocycles. The standard InChI is InChI=1S/C29H37N5O6/c1-5-8-16-39-27(38)23-22-25(36)34(19(4)17-35)24(29(22)14-13-28(23,7-3)40-29)26(37)32(15-6-2)18-33-21-12-10-9-11-20(21)30-31-33/h5-6,9-12,19,22-24,35H,1-2,7-8,13-18H2,3-4H3/t19-,22+,23+,24?,28-,29?/m1/s1. The van der Waals surface area contributed by atoms with E-state index in [1.165, 1.54) is 4.90 Å². The molecule has 5 rings (SSSR count). The number of ether oxygens (including phenoxy) is 2. The van der Waals surface area contributed by atoms with E-state index in [1.807, 2.05) is 31.2 Å². The van der Waals surface area contributed by atoms with Gasteiger partial charge in [-0.05, 0) is 44.7 Å². The second-order valence-electron chi connectivity index (χ2n) is 10.9. The molecule has 3 fully saturated rings. The predicted molar refractivity (Wildman–Crippen MR) is 145 cm³/mol. The Morgan fingerprint density at radius 2 is 2.08 bits per heavy atom. The van der Waals surface area contributed by atoms with Crippen LogP contribution in [0, 0.1) is 11.8 Å². The van der Waals surface area contributed by atoms with Crippen molar-refractivity contribution in [2.75, 3.05) is 19.8 Å². The average molecular weight is 552 g/mol. The summed E-state index contributed by atoms with van der Waals surface area (Å²) in [6, 6.07) is 5.73. The monoisotopic (exact) mass is 551 g/mol. The van der Waals surface area contributed by atoms with Crippen LogP contribution >= 0.6 is 0 Å². The second kappa shape index (κ2) is 10.8. The summed E-state index contributed by atoms with van der Waals surface area (Å²) in [4.78, 5) is 45.1. The van der Waals surface area contributed by atoms with Crippen LogP contribution in [0.3, 0.4) is 0 Å². The molecule has 0 radical (unpaired) electrons. The number of aliphatic hydroxyl groups is 1. The number of fused-ring (bicyclic) bond motifs is 2. The summed E-state index contributed by atoms with van der Waals surface area (Å²) in [5.74, 6) is -2.96. The normalized spacial score (nSPS) is 29.4. The van der Waals surface area contributed by atoms with Crippen molar-refractivity contribution in [3.05, 3.63) is 49.6 Å². The molecule has 40 heavy (non-hydrogen) atoms. The van der Waals surface area contributed by atoms with Gasteiger partial charge in [-0.25, -0.2) is 4.68 Å². The number of carbonyl (C=O) groups is 3. The van der Waals surface area contributed by atoms with Crippen molar-refractivity contribution in [2.45, 2.75) is 69.5 Å². The average Bonchev–Trinajstić information content (AvgIpc) is 3.69. The molecule has 1 spiro atoms. The van der Waals surface area contributed by atoms with Crippen LogP contribution in [0.1, 0.15) is 39.5 Å². The molecule has 3 aliphatic rings. The van der Waals surface area contributed by atoms with E-state index in [-0.39, 0.29) is 38.2 Å². The fourth-order valence-corrected chi connectivity index (χ4v) is 6.92. The number of esters is 1. The van der Waals surface area contributed by atoms with E-state index in [2.05, 4.69) is 23.5 Å². The number of aliphatic hydroxyl groups excluding tert-OH is 1. The van der Waals surface area contributed by atoms with Crippen molar-refractivity contribution in [2.24, 2.45) is 11.8 Å². The number of rotatable bonds is 12. The van der Waals surface area contributed by atoms with Crippen molar-refractivity contribution in [1.82, 2.24) is 24.8 Å². The van der Waals surface area contributed by atoms with E-state index in [0.29, 0.717) is 31.2 Å². The first-order chi connectivity index (χ1) is 19.3. The Balaban J connectivity index is 1.54. The van der Waals surface area contributed by atoms with Gasteiger partial charge < -0.3 is 24.4 Å². The summed E-state index contributed by atoms with van der Waals surface area (Å²) < 4.78 is 14.0. The van der Waals surface area contributed by atoms with Gasteiger partial charge in [0.2, 0.25) is 11.8 Å². The molecular weight excluding hydrogens is 514 g/mol. The highest BCUT2D eigenvalue weighted by molar-refractivity contribution is 5.98. The van der Waals surface area contributed by atoms with Crippen LogP contribution in [0.2, 0.25) is 0 Å². The molecule has 0 saturated carbocycles. The number of likely N-dealkylation sites (tertiary alicyclic amines) is 1. The Morgan fingerprint density at radius 3 is 2.77 bits per heavy atom. The van der Waals surface area contributed by atoms with Crippen molar-refractivity contribution in [3.63, 3.8) is 0 Å². The summed E-state index contributed by atoms with van der Waals surface area (Å²) in [5, 5.41) is 18.6. The highest BCUT2D eigenvalue weighted by atomic mass is 16.6. The SMILES string of the molecule is C=CCCOC(=O)[C@@H]1[C@H]2C(=O)N([C@H](C)CO)C(C(=O)N(CC=C)Cn3nnc4ccccc43)C23CC[C@@]1(CC)O3. The number of amides is 2. The maximum Gasteiger partial charge on any atom is 0.312 e. The Labute approximate surface area is 233 Å². The first-order valence-corrected chi connectivity index (χ1v) is 13.9. The van der Waals surface area contributed by atoms with Gasteiger partial charge in [-0.1, -0.05) is 36.4 Å². The van der Waals surface area contributed by atoms with Gasteiger partial charge in [0.1, 0.15) is 29.7 Å². The number of benzene rings is 1. The number of aromatic nitrogens is 3. The molecule has 1 N–H and O–H groups in total. The highest BCUT2D eigenvalue weighted by Crippen LogP contribution is 2.64. The molecule has 2 bridgehead atoms. The van der Waals surface area contributed by atoms with Crippen LogP contribution in [0.4, 0.5) is 0 Å². The Morgan fingerprint density at radius 1 is 1.30 bits per heavy atom. The first kappa shape index (κ1) is 28.0. The number of para-hydroxylation sites is 1. The van der Waals surface area contributed by atoms with Crippen LogP contribution in [0.25, 0.3) is 11.0 Å². The lowest BCUT2D eigenvalue weighted by molar-refractivity contribution is -0.163. The Bertz CT molecular complexity index is 1330. The van der Waals surface area contributed by atoms with Crippen LogP contribution in [0.15, 0.2) is 49.6 Å². The van der Waals surface area contributed by atoms with E-state index in [9.17, 15) is 19.5 Å². The van der Waals surface area contributed by atoms with Crippen LogP contribution in [-0.4, -0.2) is 90.7 Å². The van der Waals surface area contributed by atoms with Gasteiger partial charge in [0, 0.05) is 6.54 Å². The van der Waals surface area contributed by atoms with Gasteiger partial charge in [-0.2, -0.15) is 0 Å². The quantitative estimate of drug-likeness (QED) is 0.241. The first-order valence-electron chi connectivity index (χ1n) is 13.9. The molecule has 4 heterocycles. The van der Waals surface area contributed by atoms with Gasteiger partial charge in [-0.15, -0.1) is 18.3 Å². The lowest BCUT2D eigenvalue weighted by Gasteiger charge is -2.38. The Hall–Kier alpha value is -3.57. The van der Waals surface area contributed by atoms with E-state index in [0.717, 1.165) is 5.52 Å². The van der Waals surface area contributed by atoms with Crippen LogP contribution in [0.5, 0.6) is 0 Å². The van der Waals surface area contributed by atoms with E-state index >= 15 is 0 Å². The lowest BCUT2D eigenvalue weighted by Crippen LogP contribution is -2.58. The van der Waals surface area contributed by atoms with Gasteiger partial charge in [-0.3, -0.25) is 14.4 Å².